The molecule has 0 saturated carbocycles. The highest BCUT2D eigenvalue weighted by atomic mass is 16.5. The van der Waals surface area contributed by atoms with Gasteiger partial charge < -0.3 is 14.8 Å². The molecule has 29 heavy (non-hydrogen) atoms. The molecule has 0 aliphatic carbocycles. The molecule has 0 fully saturated rings. The quantitative estimate of drug-likeness (QED) is 0.559. The molecule has 4 rings (SSSR count). The summed E-state index contributed by atoms with van der Waals surface area (Å²) in [4.78, 5) is 21.5. The molecule has 0 radical (unpaired) electrons. The van der Waals surface area contributed by atoms with Crippen molar-refractivity contribution in [3.63, 3.8) is 0 Å². The van der Waals surface area contributed by atoms with Crippen LogP contribution in [0.5, 0.6) is 11.5 Å². The molecule has 2 heterocycles. The molecule has 0 spiro atoms. The fraction of sp³-hybridized carbons (Fsp3) is 0.136. The fourth-order valence-corrected chi connectivity index (χ4v) is 3.16. The number of amides is 1. The van der Waals surface area contributed by atoms with Crippen molar-refractivity contribution in [2.45, 2.75) is 6.92 Å². The van der Waals surface area contributed by atoms with Gasteiger partial charge in [-0.2, -0.15) is 0 Å². The Morgan fingerprint density at radius 2 is 1.72 bits per heavy atom. The Labute approximate surface area is 167 Å². The van der Waals surface area contributed by atoms with Gasteiger partial charge >= 0.3 is 0 Å². The summed E-state index contributed by atoms with van der Waals surface area (Å²) < 4.78 is 12.6. The van der Waals surface area contributed by atoms with Crippen LogP contribution < -0.4 is 14.8 Å². The summed E-state index contributed by atoms with van der Waals surface area (Å²) in [6.07, 6.45) is 3.35. The second kappa shape index (κ2) is 7.63. The summed E-state index contributed by atoms with van der Waals surface area (Å²) in [5.74, 6) is 1.63. The van der Waals surface area contributed by atoms with Crippen molar-refractivity contribution in [1.82, 2.24) is 14.5 Å². The number of fused-ring (bicyclic) bond motifs is 1. The molecule has 0 saturated heterocycles. The first-order valence-electron chi connectivity index (χ1n) is 9.03. The Balaban J connectivity index is 1.57. The maximum absolute atomic E-state index is 12.7. The van der Waals surface area contributed by atoms with Crippen molar-refractivity contribution in [2.75, 3.05) is 19.5 Å². The number of nitrogens with one attached hydrogen (secondary N) is 1. The lowest BCUT2D eigenvalue weighted by molar-refractivity contribution is 0.102. The lowest BCUT2D eigenvalue weighted by Crippen LogP contribution is -2.13. The second-order valence-electron chi connectivity index (χ2n) is 6.47. The predicted octanol–water partition coefficient (Wildman–Crippen LogP) is 4.00. The number of carbonyl (C=O) groups excluding carboxylic acids is 1. The Kier molecular flexibility index (Phi) is 4.87. The highest BCUT2D eigenvalue weighted by molar-refractivity contribution is 6.04. The van der Waals surface area contributed by atoms with Gasteiger partial charge in [0, 0.05) is 11.1 Å². The number of methoxy groups -OCH3 is 2. The largest absolute Gasteiger partial charge is 0.496 e. The van der Waals surface area contributed by atoms with E-state index in [4.69, 9.17) is 9.47 Å². The molecular formula is C22H20N4O3. The van der Waals surface area contributed by atoms with E-state index in [1.54, 1.807) is 44.9 Å². The van der Waals surface area contributed by atoms with E-state index in [1.807, 2.05) is 41.8 Å². The van der Waals surface area contributed by atoms with E-state index < -0.39 is 0 Å². The zero-order valence-corrected chi connectivity index (χ0v) is 16.3. The number of rotatable bonds is 5. The fourth-order valence-electron chi connectivity index (χ4n) is 3.16. The minimum Gasteiger partial charge on any atom is -0.496 e. The van der Waals surface area contributed by atoms with E-state index in [1.165, 1.54) is 0 Å². The summed E-state index contributed by atoms with van der Waals surface area (Å²) in [6, 6.07) is 14.8. The smallest absolute Gasteiger partial charge is 0.255 e. The average Bonchev–Trinajstić information content (AvgIpc) is 3.18. The molecule has 1 N–H and O–H groups in total. The minimum atomic E-state index is -0.274. The van der Waals surface area contributed by atoms with E-state index >= 15 is 0 Å². The van der Waals surface area contributed by atoms with Crippen molar-refractivity contribution in [1.29, 1.82) is 0 Å². The van der Waals surface area contributed by atoms with Gasteiger partial charge in [0.05, 0.1) is 37.1 Å². The van der Waals surface area contributed by atoms with Crippen molar-refractivity contribution < 1.29 is 14.3 Å². The van der Waals surface area contributed by atoms with Gasteiger partial charge in [-0.05, 0) is 43.3 Å². The first-order valence-corrected chi connectivity index (χ1v) is 9.03. The molecule has 0 aliphatic heterocycles. The van der Waals surface area contributed by atoms with Crippen molar-refractivity contribution in [2.24, 2.45) is 0 Å². The number of imidazole rings is 1. The number of para-hydroxylation sites is 2. The molecule has 4 aromatic rings. The van der Waals surface area contributed by atoms with Crippen LogP contribution in [0.3, 0.4) is 0 Å². The number of nitrogens with zero attached hydrogens (tertiary/aromatic N) is 3. The van der Waals surface area contributed by atoms with Gasteiger partial charge in [0.1, 0.15) is 23.6 Å². The van der Waals surface area contributed by atoms with E-state index in [-0.39, 0.29) is 5.91 Å². The van der Waals surface area contributed by atoms with E-state index in [0.717, 1.165) is 22.4 Å². The molecule has 0 aliphatic rings. The minimum absolute atomic E-state index is 0.274. The summed E-state index contributed by atoms with van der Waals surface area (Å²) in [6.45, 7) is 1.88. The van der Waals surface area contributed by atoms with E-state index in [0.29, 0.717) is 22.7 Å². The van der Waals surface area contributed by atoms with Crippen LogP contribution in [0.1, 0.15) is 15.9 Å². The molecule has 1 amide bonds. The zero-order chi connectivity index (χ0) is 20.4. The highest BCUT2D eigenvalue weighted by Gasteiger charge is 2.14. The average molecular weight is 388 g/mol. The third-order valence-electron chi connectivity index (χ3n) is 4.72. The van der Waals surface area contributed by atoms with E-state index in [9.17, 15) is 4.79 Å². The molecule has 0 bridgehead atoms. The van der Waals surface area contributed by atoms with Gasteiger partial charge in [0.15, 0.2) is 0 Å². The third-order valence-corrected chi connectivity index (χ3v) is 4.72. The summed E-state index contributed by atoms with van der Waals surface area (Å²) in [5.41, 5.74) is 3.73. The first-order chi connectivity index (χ1) is 14.1. The number of ether oxygens (including phenoxy) is 2. The van der Waals surface area contributed by atoms with Gasteiger partial charge in [-0.1, -0.05) is 12.1 Å². The number of benzene rings is 2. The number of hydrogen-bond donors (Lipinski definition) is 1. The molecule has 0 unspecified atom stereocenters. The number of anilines is 1. The summed E-state index contributed by atoms with van der Waals surface area (Å²) in [5, 5.41) is 2.85. The lowest BCUT2D eigenvalue weighted by atomic mass is 10.1. The van der Waals surface area contributed by atoms with Gasteiger partial charge in [-0.15, -0.1) is 0 Å². The lowest BCUT2D eigenvalue weighted by Gasteiger charge is -2.13. The molecule has 2 aromatic carbocycles. The summed E-state index contributed by atoms with van der Waals surface area (Å²) >= 11 is 0. The van der Waals surface area contributed by atoms with Crippen LogP contribution in [-0.4, -0.2) is 34.7 Å². The van der Waals surface area contributed by atoms with Crippen LogP contribution >= 0.6 is 0 Å². The van der Waals surface area contributed by atoms with Crippen molar-refractivity contribution in [3.05, 3.63) is 72.2 Å². The topological polar surface area (TPSA) is 78.3 Å². The monoisotopic (exact) mass is 388 g/mol. The van der Waals surface area contributed by atoms with Crippen LogP contribution in [0.2, 0.25) is 0 Å². The van der Waals surface area contributed by atoms with Gasteiger partial charge in [0.25, 0.3) is 5.91 Å². The van der Waals surface area contributed by atoms with Gasteiger partial charge in [-0.25, -0.2) is 9.97 Å². The Morgan fingerprint density at radius 1 is 1.00 bits per heavy atom. The molecule has 2 aromatic heterocycles. The normalized spacial score (nSPS) is 10.7. The highest BCUT2D eigenvalue weighted by Crippen LogP contribution is 2.29. The van der Waals surface area contributed by atoms with Gasteiger partial charge in [-0.3, -0.25) is 9.36 Å². The Morgan fingerprint density at radius 3 is 2.38 bits per heavy atom. The maximum atomic E-state index is 12.7. The van der Waals surface area contributed by atoms with Crippen LogP contribution in [0, 0.1) is 6.92 Å². The van der Waals surface area contributed by atoms with Crippen LogP contribution in [-0.2, 0) is 0 Å². The molecule has 0 atom stereocenters. The molecule has 7 heteroatoms. The molecule has 7 nitrogen and oxygen atoms in total. The predicted molar refractivity (Wildman–Crippen MR) is 111 cm³/mol. The maximum Gasteiger partial charge on any atom is 0.255 e. The first kappa shape index (κ1) is 18.5. The zero-order valence-electron chi connectivity index (χ0n) is 16.3. The SMILES string of the molecule is COc1cc(C(=O)Nc2ccc(-n3cnc4ccccc43)nc2)cc(OC)c1C. The van der Waals surface area contributed by atoms with Crippen molar-refractivity contribution >= 4 is 22.6 Å². The Hall–Kier alpha value is -3.87. The standard InChI is InChI=1S/C22H20N4O3/c1-14-19(28-2)10-15(11-20(14)29-3)22(27)25-16-8-9-21(23-12-16)26-13-24-17-6-4-5-7-18(17)26/h4-13H,1-3H3,(H,25,27). The Bertz CT molecular complexity index is 1160. The molecule has 146 valence electrons. The molecular weight excluding hydrogens is 368 g/mol. The summed E-state index contributed by atoms with van der Waals surface area (Å²) in [7, 11) is 3.12. The number of pyridine rings is 1. The number of carbonyl (C=O) groups is 1. The number of hydrogen-bond acceptors (Lipinski definition) is 5. The second-order valence-corrected chi connectivity index (χ2v) is 6.47. The number of aromatic nitrogens is 3. The van der Waals surface area contributed by atoms with E-state index in [2.05, 4.69) is 15.3 Å². The third kappa shape index (κ3) is 3.50. The van der Waals surface area contributed by atoms with Crippen molar-refractivity contribution in [3.8, 4) is 17.3 Å². The van der Waals surface area contributed by atoms with Crippen LogP contribution in [0.25, 0.3) is 16.9 Å². The van der Waals surface area contributed by atoms with Gasteiger partial charge in [0.2, 0.25) is 0 Å². The van der Waals surface area contributed by atoms with Crippen LogP contribution in [0.15, 0.2) is 61.1 Å². The van der Waals surface area contributed by atoms with Crippen LogP contribution in [0.4, 0.5) is 5.69 Å².